The summed E-state index contributed by atoms with van der Waals surface area (Å²) in [6, 6.07) is 7.61. The minimum atomic E-state index is -0.856. The Morgan fingerprint density at radius 1 is 1.13 bits per heavy atom. The van der Waals surface area contributed by atoms with Gasteiger partial charge in [0.15, 0.2) is 11.2 Å². The van der Waals surface area contributed by atoms with E-state index in [2.05, 4.69) is 9.88 Å². The zero-order valence-electron chi connectivity index (χ0n) is 17.5. The van der Waals surface area contributed by atoms with Gasteiger partial charge in [-0.05, 0) is 31.4 Å². The molecule has 1 fully saturated rings. The topological polar surface area (TPSA) is 94.5 Å². The van der Waals surface area contributed by atoms with Crippen molar-refractivity contribution in [3.8, 4) is 5.75 Å². The monoisotopic (exact) mass is 413 g/mol. The molecule has 0 radical (unpaired) electrons. The van der Waals surface area contributed by atoms with Crippen molar-refractivity contribution in [3.63, 3.8) is 0 Å². The van der Waals surface area contributed by atoms with Crippen LogP contribution in [0.2, 0.25) is 0 Å². The average Bonchev–Trinajstić information content (AvgIpc) is 3.38. The maximum absolute atomic E-state index is 12.9. The number of benzene rings is 1. The lowest BCUT2D eigenvalue weighted by molar-refractivity contribution is 0.0933. The highest BCUT2D eigenvalue weighted by Crippen LogP contribution is 2.24. The van der Waals surface area contributed by atoms with Crippen LogP contribution in [0.5, 0.6) is 5.75 Å². The number of anilines is 1. The zero-order valence-corrected chi connectivity index (χ0v) is 17.5. The van der Waals surface area contributed by atoms with Crippen LogP contribution in [0.15, 0.2) is 33.9 Å². The average molecular weight is 413 g/mol. The fourth-order valence-electron chi connectivity index (χ4n) is 3.93. The molecule has 4 rings (SSSR count). The maximum Gasteiger partial charge on any atom is 0.332 e. The molecule has 0 saturated carbocycles. The van der Waals surface area contributed by atoms with Crippen molar-refractivity contribution in [2.24, 2.45) is 14.1 Å². The number of ether oxygens (including phenoxy) is 1. The first-order valence-corrected chi connectivity index (χ1v) is 10.2. The molecule has 9 heteroatoms. The van der Waals surface area contributed by atoms with E-state index in [4.69, 9.17) is 4.74 Å². The van der Waals surface area contributed by atoms with E-state index in [-0.39, 0.29) is 13.2 Å². The molecule has 1 aromatic carbocycles. The van der Waals surface area contributed by atoms with Crippen LogP contribution in [0.4, 0.5) is 5.95 Å². The van der Waals surface area contributed by atoms with Gasteiger partial charge in [0, 0.05) is 27.2 Å². The van der Waals surface area contributed by atoms with Gasteiger partial charge in [-0.25, -0.2) is 4.79 Å². The summed E-state index contributed by atoms with van der Waals surface area (Å²) in [5.74, 6) is 1.32. The lowest BCUT2D eigenvalue weighted by atomic mass is 10.2. The summed E-state index contributed by atoms with van der Waals surface area (Å²) in [6.45, 7) is 3.82. The molecule has 2 aromatic heterocycles. The van der Waals surface area contributed by atoms with E-state index in [1.807, 2.05) is 31.2 Å². The van der Waals surface area contributed by atoms with Crippen molar-refractivity contribution in [3.05, 3.63) is 50.7 Å². The van der Waals surface area contributed by atoms with Crippen molar-refractivity contribution < 1.29 is 9.84 Å². The van der Waals surface area contributed by atoms with Crippen LogP contribution in [-0.4, -0.2) is 49.6 Å². The number of para-hydroxylation sites is 1. The van der Waals surface area contributed by atoms with Gasteiger partial charge >= 0.3 is 5.69 Å². The van der Waals surface area contributed by atoms with Gasteiger partial charge in [-0.2, -0.15) is 4.98 Å². The summed E-state index contributed by atoms with van der Waals surface area (Å²) in [7, 11) is 3.06. The third-order valence-electron chi connectivity index (χ3n) is 5.63. The SMILES string of the molecule is Cc1ccccc1OCC(O)Cn1c(N2CCCC2)nc2c1c(=O)n(C)c(=O)n2C. The van der Waals surface area contributed by atoms with Crippen LogP contribution in [-0.2, 0) is 20.6 Å². The van der Waals surface area contributed by atoms with Gasteiger partial charge in [0.05, 0.1) is 6.54 Å². The number of aryl methyl sites for hydroxylation is 2. The van der Waals surface area contributed by atoms with Gasteiger partial charge in [0.1, 0.15) is 18.5 Å². The smallest absolute Gasteiger partial charge is 0.332 e. The van der Waals surface area contributed by atoms with Gasteiger partial charge in [-0.15, -0.1) is 0 Å². The molecule has 1 aliphatic rings. The summed E-state index contributed by atoms with van der Waals surface area (Å²) in [5.41, 5.74) is 0.791. The number of aromatic nitrogens is 4. The number of nitrogens with zero attached hydrogens (tertiary/aromatic N) is 5. The minimum Gasteiger partial charge on any atom is -0.491 e. The van der Waals surface area contributed by atoms with Crippen molar-refractivity contribution in [2.45, 2.75) is 32.4 Å². The van der Waals surface area contributed by atoms with E-state index in [9.17, 15) is 14.7 Å². The third-order valence-corrected chi connectivity index (χ3v) is 5.63. The fraction of sp³-hybridized carbons (Fsp3) is 0.476. The normalized spacial score (nSPS) is 15.1. The Hall–Kier alpha value is -3.07. The number of aliphatic hydroxyl groups is 1. The molecule has 3 aromatic rings. The van der Waals surface area contributed by atoms with Gasteiger partial charge in [-0.1, -0.05) is 18.2 Å². The first-order chi connectivity index (χ1) is 14.4. The summed E-state index contributed by atoms with van der Waals surface area (Å²) < 4.78 is 9.97. The molecule has 30 heavy (non-hydrogen) atoms. The second kappa shape index (κ2) is 7.98. The molecule has 1 saturated heterocycles. The highest BCUT2D eigenvalue weighted by atomic mass is 16.5. The predicted molar refractivity (Wildman–Crippen MR) is 114 cm³/mol. The van der Waals surface area contributed by atoms with Crippen molar-refractivity contribution >= 4 is 17.1 Å². The zero-order chi connectivity index (χ0) is 21.4. The molecule has 0 bridgehead atoms. The Kier molecular flexibility index (Phi) is 5.38. The maximum atomic E-state index is 12.9. The van der Waals surface area contributed by atoms with Gasteiger partial charge in [0.2, 0.25) is 5.95 Å². The van der Waals surface area contributed by atoms with Crippen LogP contribution < -0.4 is 20.9 Å². The fourth-order valence-corrected chi connectivity index (χ4v) is 3.93. The highest BCUT2D eigenvalue weighted by Gasteiger charge is 2.25. The Morgan fingerprint density at radius 2 is 1.83 bits per heavy atom. The van der Waals surface area contributed by atoms with E-state index in [0.29, 0.717) is 22.9 Å². The molecule has 1 atom stereocenters. The van der Waals surface area contributed by atoms with Crippen LogP contribution in [0, 0.1) is 6.92 Å². The van der Waals surface area contributed by atoms with E-state index >= 15 is 0 Å². The molecule has 0 amide bonds. The number of aliphatic hydroxyl groups excluding tert-OH is 1. The molecule has 0 spiro atoms. The first-order valence-electron chi connectivity index (χ1n) is 10.2. The molecular formula is C21H27N5O4. The van der Waals surface area contributed by atoms with Crippen LogP contribution >= 0.6 is 0 Å². The number of imidazole rings is 1. The molecule has 1 N–H and O–H groups in total. The van der Waals surface area contributed by atoms with Crippen molar-refractivity contribution in [2.75, 3.05) is 24.6 Å². The van der Waals surface area contributed by atoms with Gasteiger partial charge in [0.25, 0.3) is 5.56 Å². The van der Waals surface area contributed by atoms with E-state index in [0.717, 1.165) is 36.1 Å². The van der Waals surface area contributed by atoms with E-state index in [1.54, 1.807) is 11.6 Å². The van der Waals surface area contributed by atoms with Crippen LogP contribution in [0.1, 0.15) is 18.4 Å². The Bertz CT molecular complexity index is 1190. The van der Waals surface area contributed by atoms with E-state index < -0.39 is 17.4 Å². The largest absolute Gasteiger partial charge is 0.491 e. The molecule has 9 nitrogen and oxygen atoms in total. The number of hydrogen-bond acceptors (Lipinski definition) is 6. The summed E-state index contributed by atoms with van der Waals surface area (Å²) in [5, 5.41) is 10.7. The summed E-state index contributed by atoms with van der Waals surface area (Å²) in [6.07, 6.45) is 1.23. The first kappa shape index (κ1) is 20.2. The number of hydrogen-bond donors (Lipinski definition) is 1. The lowest BCUT2D eigenvalue weighted by Crippen LogP contribution is -2.38. The Balaban J connectivity index is 1.71. The quantitative estimate of drug-likeness (QED) is 0.642. The molecule has 3 heterocycles. The summed E-state index contributed by atoms with van der Waals surface area (Å²) >= 11 is 0. The molecule has 1 aliphatic heterocycles. The van der Waals surface area contributed by atoms with Crippen molar-refractivity contribution in [1.29, 1.82) is 0 Å². The molecule has 160 valence electrons. The standard InChI is InChI=1S/C21H27N5O4/c1-14-8-4-5-9-16(14)30-13-15(27)12-26-17-18(22-20(26)25-10-6-7-11-25)23(2)21(29)24(3)19(17)28/h4-5,8-9,15,27H,6-7,10-13H2,1-3H3. The molecular weight excluding hydrogens is 386 g/mol. The van der Waals surface area contributed by atoms with Crippen LogP contribution in [0.3, 0.4) is 0 Å². The third kappa shape index (κ3) is 3.49. The second-order valence-electron chi connectivity index (χ2n) is 7.82. The predicted octanol–water partition coefficient (Wildman–Crippen LogP) is 0.782. The lowest BCUT2D eigenvalue weighted by Gasteiger charge is -2.20. The Labute approximate surface area is 173 Å². The minimum absolute atomic E-state index is 0.0794. The van der Waals surface area contributed by atoms with Gasteiger partial charge < -0.3 is 19.3 Å². The van der Waals surface area contributed by atoms with Crippen molar-refractivity contribution in [1.82, 2.24) is 18.7 Å². The van der Waals surface area contributed by atoms with E-state index in [1.165, 1.54) is 11.6 Å². The van der Waals surface area contributed by atoms with Crippen LogP contribution in [0.25, 0.3) is 11.2 Å². The molecule has 1 unspecified atom stereocenters. The highest BCUT2D eigenvalue weighted by molar-refractivity contribution is 5.74. The number of fused-ring (bicyclic) bond motifs is 1. The van der Waals surface area contributed by atoms with Gasteiger partial charge in [-0.3, -0.25) is 13.9 Å². The molecule has 0 aliphatic carbocycles. The Morgan fingerprint density at radius 3 is 2.53 bits per heavy atom. The summed E-state index contributed by atoms with van der Waals surface area (Å²) in [4.78, 5) is 32.0. The number of rotatable bonds is 6. The second-order valence-corrected chi connectivity index (χ2v) is 7.82.